The number of piperazine rings is 1. The van der Waals surface area contributed by atoms with Crippen molar-refractivity contribution in [2.24, 2.45) is 0 Å². The molecule has 138 valence electrons. The van der Waals surface area contributed by atoms with Gasteiger partial charge in [-0.2, -0.15) is 0 Å². The number of nitrogens with zero attached hydrogens (tertiary/aromatic N) is 3. The van der Waals surface area contributed by atoms with Crippen LogP contribution < -0.4 is 0 Å². The quantitative estimate of drug-likeness (QED) is 0.763. The van der Waals surface area contributed by atoms with Crippen LogP contribution in [0.1, 0.15) is 27.6 Å². The Kier molecular flexibility index (Phi) is 5.92. The first-order valence-corrected chi connectivity index (χ1v) is 11.3. The van der Waals surface area contributed by atoms with Gasteiger partial charge in [0.15, 0.2) is 0 Å². The number of fused-ring (bicyclic) bond motifs is 1. The van der Waals surface area contributed by atoms with Gasteiger partial charge in [0.25, 0.3) is 0 Å². The van der Waals surface area contributed by atoms with Crippen LogP contribution in [-0.4, -0.2) is 52.6 Å². The summed E-state index contributed by atoms with van der Waals surface area (Å²) in [5.41, 5.74) is 2.62. The average Bonchev–Trinajstić information content (AvgIpc) is 3.25. The van der Waals surface area contributed by atoms with Gasteiger partial charge in [-0.25, -0.2) is 4.98 Å². The van der Waals surface area contributed by atoms with E-state index in [2.05, 4.69) is 17.0 Å². The summed E-state index contributed by atoms with van der Waals surface area (Å²) in [6.07, 6.45) is 3.65. The zero-order valence-corrected chi connectivity index (χ0v) is 16.7. The van der Waals surface area contributed by atoms with Crippen molar-refractivity contribution in [3.05, 3.63) is 51.5 Å². The maximum Gasteiger partial charge on any atom is 0.232 e. The number of carbonyl (C=O) groups excluding carboxylic acids is 1. The largest absolute Gasteiger partial charge is 0.339 e. The predicted molar refractivity (Wildman–Crippen MR) is 109 cm³/mol. The molecule has 6 heteroatoms. The molecule has 0 unspecified atom stereocenters. The third-order valence-corrected chi connectivity index (χ3v) is 7.19. The Morgan fingerprint density at radius 2 is 1.92 bits per heavy atom. The van der Waals surface area contributed by atoms with Crippen molar-refractivity contribution in [2.45, 2.75) is 31.6 Å². The second kappa shape index (κ2) is 8.55. The van der Waals surface area contributed by atoms with Gasteiger partial charge in [0.2, 0.25) is 5.91 Å². The lowest BCUT2D eigenvalue weighted by molar-refractivity contribution is -0.130. The Balaban J connectivity index is 1.18. The molecule has 0 spiro atoms. The van der Waals surface area contributed by atoms with E-state index in [9.17, 15) is 4.79 Å². The second-order valence-corrected chi connectivity index (χ2v) is 9.12. The number of hydrogen-bond donors (Lipinski definition) is 0. The molecule has 0 atom stereocenters. The number of aryl methyl sites for hydroxylation is 2. The van der Waals surface area contributed by atoms with Gasteiger partial charge in [0.05, 0.1) is 18.0 Å². The van der Waals surface area contributed by atoms with Crippen molar-refractivity contribution < 1.29 is 4.79 Å². The van der Waals surface area contributed by atoms with E-state index in [0.717, 1.165) is 44.9 Å². The van der Waals surface area contributed by atoms with Crippen LogP contribution in [0.5, 0.6) is 0 Å². The summed E-state index contributed by atoms with van der Waals surface area (Å²) in [5, 5.41) is 1.26. The first kappa shape index (κ1) is 18.0. The molecule has 0 N–H and O–H groups in total. The topological polar surface area (TPSA) is 36.4 Å². The molecule has 2 heterocycles. The van der Waals surface area contributed by atoms with Crippen molar-refractivity contribution in [1.29, 1.82) is 0 Å². The number of hydrogen-bond acceptors (Lipinski definition) is 5. The summed E-state index contributed by atoms with van der Waals surface area (Å²) in [6.45, 7) is 4.55. The Morgan fingerprint density at radius 3 is 2.69 bits per heavy atom. The van der Waals surface area contributed by atoms with Crippen LogP contribution in [-0.2, 0) is 29.9 Å². The highest BCUT2D eigenvalue weighted by Crippen LogP contribution is 2.28. The van der Waals surface area contributed by atoms with E-state index in [1.807, 2.05) is 34.4 Å². The monoisotopic (exact) mass is 387 g/mol. The molecule has 4 nitrogen and oxygen atoms in total. The third kappa shape index (κ3) is 4.48. The van der Waals surface area contributed by atoms with Gasteiger partial charge in [-0.15, -0.1) is 23.1 Å². The molecule has 1 saturated heterocycles. The molecular formula is C20H25N3OS2. The lowest BCUT2D eigenvalue weighted by Gasteiger charge is -2.34. The fourth-order valence-electron chi connectivity index (χ4n) is 3.58. The van der Waals surface area contributed by atoms with Crippen molar-refractivity contribution >= 4 is 29.0 Å². The number of aromatic nitrogens is 1. The summed E-state index contributed by atoms with van der Waals surface area (Å²) in [4.78, 5) is 23.2. The van der Waals surface area contributed by atoms with E-state index in [1.54, 1.807) is 11.8 Å². The molecule has 1 aromatic carbocycles. The second-order valence-electron chi connectivity index (χ2n) is 6.97. The fourth-order valence-corrected chi connectivity index (χ4v) is 5.67. The number of thioether (sulfide) groups is 1. The van der Waals surface area contributed by atoms with Gasteiger partial charge in [-0.05, 0) is 24.8 Å². The maximum atomic E-state index is 12.4. The van der Waals surface area contributed by atoms with Crippen LogP contribution in [0.2, 0.25) is 0 Å². The van der Waals surface area contributed by atoms with Crippen molar-refractivity contribution in [2.75, 3.05) is 31.9 Å². The van der Waals surface area contributed by atoms with E-state index in [-0.39, 0.29) is 5.91 Å². The standard InChI is InChI=1S/C20H25N3OS2/c24-20(15-25-14-16-5-2-1-3-6-16)23-11-9-22(10-12-23)13-19-21-17-7-4-8-18(17)26-19/h1-3,5-6H,4,7-15H2. The molecule has 0 bridgehead atoms. The Hall–Kier alpha value is -1.37. The Bertz CT molecular complexity index is 717. The minimum Gasteiger partial charge on any atom is -0.339 e. The van der Waals surface area contributed by atoms with Crippen molar-refractivity contribution in [1.82, 2.24) is 14.8 Å². The van der Waals surface area contributed by atoms with Crippen LogP contribution in [0.25, 0.3) is 0 Å². The molecule has 2 aromatic rings. The van der Waals surface area contributed by atoms with Crippen molar-refractivity contribution in [3.63, 3.8) is 0 Å². The van der Waals surface area contributed by atoms with Gasteiger partial charge in [-0.1, -0.05) is 30.3 Å². The fraction of sp³-hybridized carbons (Fsp3) is 0.500. The smallest absolute Gasteiger partial charge is 0.232 e. The summed E-state index contributed by atoms with van der Waals surface area (Å²) in [5.74, 6) is 1.76. The zero-order chi connectivity index (χ0) is 17.8. The lowest BCUT2D eigenvalue weighted by Crippen LogP contribution is -2.48. The van der Waals surface area contributed by atoms with E-state index >= 15 is 0 Å². The van der Waals surface area contributed by atoms with E-state index in [0.29, 0.717) is 5.75 Å². The van der Waals surface area contributed by atoms with E-state index in [1.165, 1.54) is 34.0 Å². The summed E-state index contributed by atoms with van der Waals surface area (Å²) in [7, 11) is 0. The first-order valence-electron chi connectivity index (χ1n) is 9.37. The highest BCUT2D eigenvalue weighted by molar-refractivity contribution is 7.99. The number of carbonyl (C=O) groups is 1. The summed E-state index contributed by atoms with van der Waals surface area (Å²) < 4.78 is 0. The van der Waals surface area contributed by atoms with Gasteiger partial charge in [0, 0.05) is 36.8 Å². The summed E-state index contributed by atoms with van der Waals surface area (Å²) in [6, 6.07) is 10.4. The molecule has 1 aliphatic heterocycles. The SMILES string of the molecule is O=C(CSCc1ccccc1)N1CCN(Cc2nc3c(s2)CCC3)CC1. The minimum atomic E-state index is 0.277. The molecule has 1 aromatic heterocycles. The normalized spacial score (nSPS) is 17.5. The average molecular weight is 388 g/mol. The molecule has 0 saturated carbocycles. The molecule has 26 heavy (non-hydrogen) atoms. The highest BCUT2D eigenvalue weighted by Gasteiger charge is 2.23. The maximum absolute atomic E-state index is 12.4. The summed E-state index contributed by atoms with van der Waals surface area (Å²) >= 11 is 3.61. The molecule has 1 aliphatic carbocycles. The van der Waals surface area contributed by atoms with Crippen molar-refractivity contribution in [3.8, 4) is 0 Å². The van der Waals surface area contributed by atoms with Crippen LogP contribution in [0, 0.1) is 0 Å². The highest BCUT2D eigenvalue weighted by atomic mass is 32.2. The minimum absolute atomic E-state index is 0.277. The van der Waals surface area contributed by atoms with Gasteiger partial charge in [-0.3, -0.25) is 9.69 Å². The Labute approximate surface area is 163 Å². The first-order chi connectivity index (χ1) is 12.8. The van der Waals surface area contributed by atoms with E-state index in [4.69, 9.17) is 4.98 Å². The molecule has 0 radical (unpaired) electrons. The van der Waals surface area contributed by atoms with E-state index < -0.39 is 0 Å². The zero-order valence-electron chi connectivity index (χ0n) is 15.0. The number of thiazole rings is 1. The molecule has 1 fully saturated rings. The molecule has 4 rings (SSSR count). The van der Waals surface area contributed by atoms with Crippen LogP contribution in [0.15, 0.2) is 30.3 Å². The molecular weight excluding hydrogens is 362 g/mol. The van der Waals surface area contributed by atoms with Crippen LogP contribution >= 0.6 is 23.1 Å². The predicted octanol–water partition coefficient (Wildman–Crippen LogP) is 3.21. The van der Waals surface area contributed by atoms with Gasteiger partial charge in [0.1, 0.15) is 5.01 Å². The van der Waals surface area contributed by atoms with Crippen LogP contribution in [0.3, 0.4) is 0 Å². The Morgan fingerprint density at radius 1 is 1.12 bits per heavy atom. The van der Waals surface area contributed by atoms with Crippen LogP contribution in [0.4, 0.5) is 0 Å². The molecule has 1 amide bonds. The van der Waals surface area contributed by atoms with Gasteiger partial charge < -0.3 is 4.90 Å². The molecule has 2 aliphatic rings. The number of rotatable bonds is 6. The van der Waals surface area contributed by atoms with Gasteiger partial charge >= 0.3 is 0 Å². The lowest BCUT2D eigenvalue weighted by atomic mass is 10.2. The number of amides is 1. The number of benzene rings is 1. The third-order valence-electron chi connectivity index (χ3n) is 5.06.